The summed E-state index contributed by atoms with van der Waals surface area (Å²) >= 11 is 0. The molecule has 1 aliphatic heterocycles. The van der Waals surface area contributed by atoms with Gasteiger partial charge in [-0.3, -0.25) is 9.59 Å². The van der Waals surface area contributed by atoms with Crippen molar-refractivity contribution in [2.75, 3.05) is 11.4 Å². The van der Waals surface area contributed by atoms with E-state index in [1.807, 2.05) is 80.6 Å². The number of carbonyl (C=O) groups is 2. The SMILES string of the molecule is Cc1ccc(C)c(N2C[C@@H](C(=O)Oc3ccccc3-c3ccccc3)CC2=O)c1. The van der Waals surface area contributed by atoms with Crippen molar-refractivity contribution in [2.24, 2.45) is 5.92 Å². The zero-order chi connectivity index (χ0) is 20.4. The van der Waals surface area contributed by atoms with Crippen LogP contribution in [0.3, 0.4) is 0 Å². The van der Waals surface area contributed by atoms with E-state index in [4.69, 9.17) is 4.74 Å². The van der Waals surface area contributed by atoms with Gasteiger partial charge in [0.2, 0.25) is 5.91 Å². The molecule has 3 aromatic rings. The normalized spacial score (nSPS) is 16.1. The second kappa shape index (κ2) is 7.92. The van der Waals surface area contributed by atoms with Crippen LogP contribution in [0.2, 0.25) is 0 Å². The number of benzene rings is 3. The number of ether oxygens (including phenoxy) is 1. The molecule has 1 atom stereocenters. The summed E-state index contributed by atoms with van der Waals surface area (Å²) in [4.78, 5) is 27.2. The van der Waals surface area contributed by atoms with Crippen LogP contribution in [0.15, 0.2) is 72.8 Å². The number of nitrogens with zero attached hydrogens (tertiary/aromatic N) is 1. The highest BCUT2D eigenvalue weighted by molar-refractivity contribution is 6.00. The maximum Gasteiger partial charge on any atom is 0.316 e. The van der Waals surface area contributed by atoms with Gasteiger partial charge in [-0.25, -0.2) is 0 Å². The first-order valence-electron chi connectivity index (χ1n) is 9.76. The number of hydrogen-bond acceptors (Lipinski definition) is 3. The van der Waals surface area contributed by atoms with Crippen molar-refractivity contribution in [3.05, 3.63) is 83.9 Å². The molecule has 0 saturated carbocycles. The fourth-order valence-corrected chi connectivity index (χ4v) is 3.71. The quantitative estimate of drug-likeness (QED) is 0.473. The first kappa shape index (κ1) is 18.9. The Kier molecular flexibility index (Phi) is 5.17. The Labute approximate surface area is 170 Å². The van der Waals surface area contributed by atoms with E-state index in [1.165, 1.54) is 0 Å². The Bertz CT molecular complexity index is 1060. The van der Waals surface area contributed by atoms with Crippen molar-refractivity contribution in [3.63, 3.8) is 0 Å². The van der Waals surface area contributed by atoms with E-state index in [2.05, 4.69) is 0 Å². The van der Waals surface area contributed by atoms with E-state index in [0.29, 0.717) is 12.3 Å². The molecule has 0 N–H and O–H groups in total. The molecule has 1 fully saturated rings. The van der Waals surface area contributed by atoms with Gasteiger partial charge in [-0.1, -0.05) is 60.7 Å². The van der Waals surface area contributed by atoms with E-state index < -0.39 is 5.92 Å². The minimum absolute atomic E-state index is 0.0444. The third-order valence-corrected chi connectivity index (χ3v) is 5.30. The molecule has 0 radical (unpaired) electrons. The summed E-state index contributed by atoms with van der Waals surface area (Å²) in [7, 11) is 0. The summed E-state index contributed by atoms with van der Waals surface area (Å²) in [6, 6.07) is 23.3. The van der Waals surface area contributed by atoms with Gasteiger partial charge in [-0.15, -0.1) is 0 Å². The number of aryl methyl sites for hydroxylation is 2. The second-order valence-electron chi connectivity index (χ2n) is 7.48. The van der Waals surface area contributed by atoms with E-state index in [1.54, 1.807) is 11.0 Å². The lowest BCUT2D eigenvalue weighted by Gasteiger charge is -2.19. The van der Waals surface area contributed by atoms with Crippen LogP contribution in [0.25, 0.3) is 11.1 Å². The van der Waals surface area contributed by atoms with E-state index >= 15 is 0 Å². The molecule has 0 bridgehead atoms. The Morgan fingerprint density at radius 1 is 0.966 bits per heavy atom. The highest BCUT2D eigenvalue weighted by Gasteiger charge is 2.37. The monoisotopic (exact) mass is 385 g/mol. The molecule has 0 unspecified atom stereocenters. The lowest BCUT2D eigenvalue weighted by atomic mass is 10.0. The summed E-state index contributed by atoms with van der Waals surface area (Å²) in [6.45, 7) is 4.31. The van der Waals surface area contributed by atoms with E-state index in [9.17, 15) is 9.59 Å². The van der Waals surface area contributed by atoms with Crippen LogP contribution in [0, 0.1) is 19.8 Å². The first-order chi connectivity index (χ1) is 14.0. The second-order valence-corrected chi connectivity index (χ2v) is 7.48. The van der Waals surface area contributed by atoms with Gasteiger partial charge < -0.3 is 9.64 Å². The van der Waals surface area contributed by atoms with Gasteiger partial charge in [0.1, 0.15) is 5.75 Å². The van der Waals surface area contributed by atoms with Crippen molar-refractivity contribution in [1.82, 2.24) is 0 Å². The average Bonchev–Trinajstić information content (AvgIpc) is 3.12. The number of rotatable bonds is 4. The minimum Gasteiger partial charge on any atom is -0.426 e. The van der Waals surface area contributed by atoms with Crippen LogP contribution >= 0.6 is 0 Å². The van der Waals surface area contributed by atoms with Gasteiger partial charge in [0.05, 0.1) is 5.92 Å². The molecular formula is C25H23NO3. The predicted molar refractivity (Wildman–Crippen MR) is 114 cm³/mol. The van der Waals surface area contributed by atoms with Gasteiger partial charge in [0.15, 0.2) is 0 Å². The van der Waals surface area contributed by atoms with Crippen molar-refractivity contribution >= 4 is 17.6 Å². The highest BCUT2D eigenvalue weighted by Crippen LogP contribution is 2.33. The van der Waals surface area contributed by atoms with Crippen LogP contribution in [-0.4, -0.2) is 18.4 Å². The van der Waals surface area contributed by atoms with E-state index in [0.717, 1.165) is 27.9 Å². The minimum atomic E-state index is -0.480. The van der Waals surface area contributed by atoms with Crippen LogP contribution in [-0.2, 0) is 9.59 Å². The fourth-order valence-electron chi connectivity index (χ4n) is 3.71. The number of hydrogen-bond donors (Lipinski definition) is 0. The Morgan fingerprint density at radius 3 is 2.48 bits per heavy atom. The third kappa shape index (κ3) is 3.92. The summed E-state index contributed by atoms with van der Waals surface area (Å²) in [5.41, 5.74) is 4.82. The van der Waals surface area contributed by atoms with Crippen molar-refractivity contribution in [2.45, 2.75) is 20.3 Å². The van der Waals surface area contributed by atoms with Crippen LogP contribution < -0.4 is 9.64 Å². The van der Waals surface area contributed by atoms with Crippen molar-refractivity contribution in [3.8, 4) is 16.9 Å². The number of para-hydroxylation sites is 1. The Balaban J connectivity index is 1.54. The molecule has 0 aliphatic carbocycles. The molecule has 4 heteroatoms. The third-order valence-electron chi connectivity index (χ3n) is 5.30. The standard InChI is InChI=1S/C25H23NO3/c1-17-12-13-18(2)22(14-17)26-16-20(15-24(26)27)25(28)29-23-11-7-6-10-21(23)19-8-4-3-5-9-19/h3-14,20H,15-16H2,1-2H3/t20-/m0/s1. The molecule has 146 valence electrons. The summed E-state index contributed by atoms with van der Waals surface area (Å²) < 4.78 is 5.75. The molecule has 29 heavy (non-hydrogen) atoms. The predicted octanol–water partition coefficient (Wildman–Crippen LogP) is 4.93. The summed E-state index contributed by atoms with van der Waals surface area (Å²) in [5.74, 6) is -0.376. The molecule has 1 saturated heterocycles. The Hall–Kier alpha value is -3.40. The van der Waals surface area contributed by atoms with Crippen LogP contribution in [0.5, 0.6) is 5.75 Å². The highest BCUT2D eigenvalue weighted by atomic mass is 16.5. The van der Waals surface area contributed by atoms with Gasteiger partial charge >= 0.3 is 5.97 Å². The molecular weight excluding hydrogens is 362 g/mol. The fraction of sp³-hybridized carbons (Fsp3) is 0.200. The lowest BCUT2D eigenvalue weighted by Crippen LogP contribution is -2.28. The number of esters is 1. The summed E-state index contributed by atoms with van der Waals surface area (Å²) in [6.07, 6.45) is 0.166. The van der Waals surface area contributed by atoms with Crippen molar-refractivity contribution in [1.29, 1.82) is 0 Å². The van der Waals surface area contributed by atoms with Crippen LogP contribution in [0.1, 0.15) is 17.5 Å². The van der Waals surface area contributed by atoms with Gasteiger partial charge in [-0.05, 0) is 42.7 Å². The first-order valence-corrected chi connectivity index (χ1v) is 9.76. The molecule has 3 aromatic carbocycles. The van der Waals surface area contributed by atoms with Gasteiger partial charge in [-0.2, -0.15) is 0 Å². The molecule has 1 aliphatic rings. The smallest absolute Gasteiger partial charge is 0.316 e. The number of anilines is 1. The Morgan fingerprint density at radius 2 is 1.69 bits per heavy atom. The van der Waals surface area contributed by atoms with Crippen molar-refractivity contribution < 1.29 is 14.3 Å². The maximum absolute atomic E-state index is 12.9. The molecule has 4 nitrogen and oxygen atoms in total. The van der Waals surface area contributed by atoms with E-state index in [-0.39, 0.29) is 18.3 Å². The lowest BCUT2D eigenvalue weighted by molar-refractivity contribution is -0.139. The average molecular weight is 385 g/mol. The summed E-state index contributed by atoms with van der Waals surface area (Å²) in [5, 5.41) is 0. The van der Waals surface area contributed by atoms with Crippen LogP contribution in [0.4, 0.5) is 5.69 Å². The maximum atomic E-state index is 12.9. The zero-order valence-corrected chi connectivity index (χ0v) is 16.6. The molecule has 0 aromatic heterocycles. The molecule has 4 rings (SSSR count). The molecule has 1 heterocycles. The topological polar surface area (TPSA) is 46.6 Å². The van der Waals surface area contributed by atoms with Gasteiger partial charge in [0, 0.05) is 24.2 Å². The van der Waals surface area contributed by atoms with Gasteiger partial charge in [0.25, 0.3) is 0 Å². The largest absolute Gasteiger partial charge is 0.426 e. The number of carbonyl (C=O) groups excluding carboxylic acids is 2. The molecule has 1 amide bonds. The number of amides is 1. The molecule has 0 spiro atoms. The zero-order valence-electron chi connectivity index (χ0n) is 16.6.